The maximum Gasteiger partial charge on any atom is 0.185 e. The van der Waals surface area contributed by atoms with Crippen LogP contribution in [0, 0.1) is 0 Å². The summed E-state index contributed by atoms with van der Waals surface area (Å²) in [4.78, 5) is 7.36. The van der Waals surface area contributed by atoms with Gasteiger partial charge in [-0.25, -0.2) is 4.98 Å². The summed E-state index contributed by atoms with van der Waals surface area (Å²) < 4.78 is 5.13. The first-order chi connectivity index (χ1) is 7.22. The summed E-state index contributed by atoms with van der Waals surface area (Å²) >= 11 is 1.53. The standard InChI is InChI=1S/C10H18N2O2S/c1-4-12(8(2)7-14-3)10-11-5-9(6-13)15-10/h5,8,13H,4,6-7H2,1-3H3. The van der Waals surface area contributed by atoms with Crippen molar-refractivity contribution in [2.75, 3.05) is 25.2 Å². The first-order valence-electron chi connectivity index (χ1n) is 5.04. The Morgan fingerprint density at radius 2 is 2.40 bits per heavy atom. The summed E-state index contributed by atoms with van der Waals surface area (Å²) in [7, 11) is 1.70. The van der Waals surface area contributed by atoms with Crippen molar-refractivity contribution in [3.63, 3.8) is 0 Å². The van der Waals surface area contributed by atoms with E-state index in [0.717, 1.165) is 16.6 Å². The molecule has 0 aliphatic heterocycles. The minimum absolute atomic E-state index is 0.0634. The highest BCUT2D eigenvalue weighted by atomic mass is 32.1. The van der Waals surface area contributed by atoms with Crippen LogP contribution in [0.2, 0.25) is 0 Å². The number of aromatic nitrogens is 1. The van der Waals surface area contributed by atoms with Gasteiger partial charge in [0, 0.05) is 19.9 Å². The second-order valence-corrected chi connectivity index (χ2v) is 4.45. The van der Waals surface area contributed by atoms with Crippen LogP contribution in [0.5, 0.6) is 0 Å². The molecule has 0 fully saturated rings. The van der Waals surface area contributed by atoms with Crippen molar-refractivity contribution >= 4 is 16.5 Å². The number of hydrogen-bond donors (Lipinski definition) is 1. The average Bonchev–Trinajstić information content (AvgIpc) is 2.68. The molecule has 1 unspecified atom stereocenters. The van der Waals surface area contributed by atoms with E-state index in [1.165, 1.54) is 11.3 Å². The molecule has 1 heterocycles. The molecule has 0 aliphatic carbocycles. The molecular formula is C10H18N2O2S. The second kappa shape index (κ2) is 6.05. The molecule has 1 N–H and O–H groups in total. The predicted octanol–water partition coefficient (Wildman–Crippen LogP) is 1.50. The molecule has 86 valence electrons. The summed E-state index contributed by atoms with van der Waals surface area (Å²) in [5.41, 5.74) is 0. The zero-order valence-electron chi connectivity index (χ0n) is 9.43. The highest BCUT2D eigenvalue weighted by Gasteiger charge is 2.15. The van der Waals surface area contributed by atoms with Crippen molar-refractivity contribution in [3.8, 4) is 0 Å². The molecule has 1 rings (SSSR count). The van der Waals surface area contributed by atoms with E-state index in [1.54, 1.807) is 13.3 Å². The van der Waals surface area contributed by atoms with Gasteiger partial charge in [-0.3, -0.25) is 0 Å². The molecule has 0 aliphatic rings. The van der Waals surface area contributed by atoms with E-state index in [9.17, 15) is 0 Å². The fraction of sp³-hybridized carbons (Fsp3) is 0.700. The number of methoxy groups -OCH3 is 1. The summed E-state index contributed by atoms with van der Waals surface area (Å²) in [5.74, 6) is 0. The van der Waals surface area contributed by atoms with Gasteiger partial charge in [-0.05, 0) is 13.8 Å². The third-order valence-electron chi connectivity index (χ3n) is 2.22. The van der Waals surface area contributed by atoms with Crippen molar-refractivity contribution in [2.45, 2.75) is 26.5 Å². The van der Waals surface area contributed by atoms with Gasteiger partial charge in [0.25, 0.3) is 0 Å². The molecule has 0 aromatic carbocycles. The molecule has 1 aromatic heterocycles. The zero-order chi connectivity index (χ0) is 11.3. The Kier molecular flexibility index (Phi) is 5.01. The van der Waals surface area contributed by atoms with Gasteiger partial charge >= 0.3 is 0 Å². The van der Waals surface area contributed by atoms with E-state index in [0.29, 0.717) is 12.6 Å². The first-order valence-corrected chi connectivity index (χ1v) is 5.85. The minimum atomic E-state index is 0.0634. The number of likely N-dealkylation sites (N-methyl/N-ethyl adjacent to an activating group) is 1. The van der Waals surface area contributed by atoms with E-state index < -0.39 is 0 Å². The molecule has 0 saturated carbocycles. The Balaban J connectivity index is 2.72. The Morgan fingerprint density at radius 1 is 1.67 bits per heavy atom. The number of nitrogens with zero attached hydrogens (tertiary/aromatic N) is 2. The van der Waals surface area contributed by atoms with Gasteiger partial charge in [-0.2, -0.15) is 0 Å². The minimum Gasteiger partial charge on any atom is -0.391 e. The zero-order valence-corrected chi connectivity index (χ0v) is 10.3. The lowest BCUT2D eigenvalue weighted by molar-refractivity contribution is 0.182. The number of rotatable bonds is 6. The number of hydrogen-bond acceptors (Lipinski definition) is 5. The Labute approximate surface area is 94.5 Å². The van der Waals surface area contributed by atoms with Crippen molar-refractivity contribution in [2.24, 2.45) is 0 Å². The van der Waals surface area contributed by atoms with Crippen LogP contribution < -0.4 is 4.90 Å². The second-order valence-electron chi connectivity index (χ2n) is 3.36. The average molecular weight is 230 g/mol. The van der Waals surface area contributed by atoms with Crippen LogP contribution >= 0.6 is 11.3 Å². The molecule has 0 radical (unpaired) electrons. The number of thiazole rings is 1. The van der Waals surface area contributed by atoms with Crippen molar-refractivity contribution in [3.05, 3.63) is 11.1 Å². The molecule has 4 nitrogen and oxygen atoms in total. The van der Waals surface area contributed by atoms with Crippen LogP contribution in [0.1, 0.15) is 18.7 Å². The van der Waals surface area contributed by atoms with E-state index in [-0.39, 0.29) is 6.61 Å². The number of ether oxygens (including phenoxy) is 1. The van der Waals surface area contributed by atoms with Gasteiger partial charge in [-0.15, -0.1) is 0 Å². The third-order valence-corrected chi connectivity index (χ3v) is 3.24. The van der Waals surface area contributed by atoms with Crippen LogP contribution in [0.25, 0.3) is 0 Å². The lowest BCUT2D eigenvalue weighted by Crippen LogP contribution is -2.35. The Hall–Kier alpha value is -0.650. The molecule has 0 saturated heterocycles. The van der Waals surface area contributed by atoms with Gasteiger partial charge in [0.1, 0.15) is 0 Å². The lowest BCUT2D eigenvalue weighted by atomic mass is 10.3. The van der Waals surface area contributed by atoms with Crippen LogP contribution in [0.4, 0.5) is 5.13 Å². The molecule has 0 spiro atoms. The van der Waals surface area contributed by atoms with Crippen LogP contribution in [-0.4, -0.2) is 36.4 Å². The van der Waals surface area contributed by atoms with Crippen LogP contribution in [0.3, 0.4) is 0 Å². The van der Waals surface area contributed by atoms with Gasteiger partial charge in [0.05, 0.1) is 24.1 Å². The maximum atomic E-state index is 8.97. The Morgan fingerprint density at radius 3 is 2.87 bits per heavy atom. The van der Waals surface area contributed by atoms with E-state index in [4.69, 9.17) is 9.84 Å². The van der Waals surface area contributed by atoms with Gasteiger partial charge in [0.2, 0.25) is 0 Å². The fourth-order valence-corrected chi connectivity index (χ4v) is 2.41. The van der Waals surface area contributed by atoms with Gasteiger partial charge < -0.3 is 14.7 Å². The summed E-state index contributed by atoms with van der Waals surface area (Å²) in [6, 6.07) is 0.303. The van der Waals surface area contributed by atoms with Crippen molar-refractivity contribution in [1.82, 2.24) is 4.98 Å². The van der Waals surface area contributed by atoms with Gasteiger partial charge in [0.15, 0.2) is 5.13 Å². The lowest BCUT2D eigenvalue weighted by Gasteiger charge is -2.26. The topological polar surface area (TPSA) is 45.6 Å². The van der Waals surface area contributed by atoms with Crippen molar-refractivity contribution < 1.29 is 9.84 Å². The van der Waals surface area contributed by atoms with Crippen molar-refractivity contribution in [1.29, 1.82) is 0 Å². The SMILES string of the molecule is CCN(c1ncc(CO)s1)C(C)COC. The van der Waals surface area contributed by atoms with Gasteiger partial charge in [-0.1, -0.05) is 11.3 Å². The third kappa shape index (κ3) is 3.15. The molecular weight excluding hydrogens is 212 g/mol. The smallest absolute Gasteiger partial charge is 0.185 e. The monoisotopic (exact) mass is 230 g/mol. The number of anilines is 1. The quantitative estimate of drug-likeness (QED) is 0.804. The largest absolute Gasteiger partial charge is 0.391 e. The molecule has 1 aromatic rings. The first kappa shape index (κ1) is 12.4. The summed E-state index contributed by atoms with van der Waals surface area (Å²) in [5, 5.41) is 9.92. The van der Waals surface area contributed by atoms with Crippen LogP contribution in [-0.2, 0) is 11.3 Å². The van der Waals surface area contributed by atoms with E-state index in [2.05, 4.69) is 23.7 Å². The highest BCUT2D eigenvalue weighted by Crippen LogP contribution is 2.24. The molecule has 5 heteroatoms. The fourth-order valence-electron chi connectivity index (χ4n) is 1.47. The molecule has 0 amide bonds. The molecule has 1 atom stereocenters. The van der Waals surface area contributed by atoms with E-state index >= 15 is 0 Å². The number of aliphatic hydroxyl groups excluding tert-OH is 1. The number of aliphatic hydroxyl groups is 1. The highest BCUT2D eigenvalue weighted by molar-refractivity contribution is 7.15. The van der Waals surface area contributed by atoms with E-state index in [1.807, 2.05) is 0 Å². The van der Waals surface area contributed by atoms with Crippen LogP contribution in [0.15, 0.2) is 6.20 Å². The molecule has 15 heavy (non-hydrogen) atoms. The Bertz CT molecular complexity index is 291. The summed E-state index contributed by atoms with van der Waals surface area (Å²) in [6.45, 7) is 5.83. The normalized spacial score (nSPS) is 12.8. The summed E-state index contributed by atoms with van der Waals surface area (Å²) in [6.07, 6.45) is 1.72. The molecule has 0 bridgehead atoms. The maximum absolute atomic E-state index is 8.97. The predicted molar refractivity (Wildman–Crippen MR) is 62.4 cm³/mol.